The first-order chi connectivity index (χ1) is 10.0. The van der Waals surface area contributed by atoms with Crippen molar-refractivity contribution in [2.45, 2.75) is 13.0 Å². The van der Waals surface area contributed by atoms with Crippen molar-refractivity contribution in [3.05, 3.63) is 58.6 Å². The maximum absolute atomic E-state index is 12.4. The lowest BCUT2D eigenvalue weighted by atomic mass is 10.2. The van der Waals surface area contributed by atoms with Crippen LogP contribution in [0.2, 0.25) is 10.0 Å². The van der Waals surface area contributed by atoms with E-state index in [2.05, 4.69) is 0 Å². The molecule has 1 amide bonds. The Kier molecular flexibility index (Phi) is 5.10. The molecule has 0 aliphatic rings. The van der Waals surface area contributed by atoms with E-state index in [9.17, 15) is 4.79 Å². The Morgan fingerprint density at radius 2 is 1.76 bits per heavy atom. The molecule has 21 heavy (non-hydrogen) atoms. The molecule has 0 heterocycles. The third kappa shape index (κ3) is 3.69. The highest BCUT2D eigenvalue weighted by Gasteiger charge is 2.21. The molecule has 1 atom stereocenters. The van der Waals surface area contributed by atoms with E-state index in [1.807, 2.05) is 30.3 Å². The van der Waals surface area contributed by atoms with E-state index in [1.54, 1.807) is 37.1 Å². The van der Waals surface area contributed by atoms with Gasteiger partial charge in [0.25, 0.3) is 5.91 Å². The molecule has 1 unspecified atom stereocenters. The van der Waals surface area contributed by atoms with Gasteiger partial charge < -0.3 is 9.64 Å². The smallest absolute Gasteiger partial charge is 0.267 e. The van der Waals surface area contributed by atoms with Gasteiger partial charge in [-0.3, -0.25) is 4.79 Å². The number of anilines is 1. The molecule has 0 saturated carbocycles. The molecule has 0 N–H and O–H groups in total. The summed E-state index contributed by atoms with van der Waals surface area (Å²) < 4.78 is 5.62. The summed E-state index contributed by atoms with van der Waals surface area (Å²) in [6.45, 7) is 1.68. The van der Waals surface area contributed by atoms with Crippen LogP contribution in [0, 0.1) is 0 Å². The Balaban J connectivity index is 2.11. The molecule has 0 saturated heterocycles. The van der Waals surface area contributed by atoms with Crippen LogP contribution < -0.4 is 9.64 Å². The molecule has 2 aromatic carbocycles. The van der Waals surface area contributed by atoms with Gasteiger partial charge in [0, 0.05) is 12.7 Å². The fourth-order valence-electron chi connectivity index (χ4n) is 1.87. The molecule has 0 bridgehead atoms. The number of nitrogens with zero attached hydrogens (tertiary/aromatic N) is 1. The number of carbonyl (C=O) groups is 1. The Hall–Kier alpha value is -1.71. The van der Waals surface area contributed by atoms with Gasteiger partial charge in [0.05, 0.1) is 5.02 Å². The monoisotopic (exact) mass is 323 g/mol. The molecule has 2 aromatic rings. The number of hydrogen-bond acceptors (Lipinski definition) is 2. The lowest BCUT2D eigenvalue weighted by Gasteiger charge is -2.22. The van der Waals surface area contributed by atoms with E-state index in [1.165, 1.54) is 0 Å². The Labute approximate surface area is 134 Å². The molecule has 0 spiro atoms. The lowest BCUT2D eigenvalue weighted by Crippen LogP contribution is -2.38. The fraction of sp³-hybridized carbons (Fsp3) is 0.188. The van der Waals surface area contributed by atoms with Crippen LogP contribution in [0.5, 0.6) is 5.75 Å². The maximum atomic E-state index is 12.4. The second-order valence-corrected chi connectivity index (χ2v) is 5.33. The van der Waals surface area contributed by atoms with Crippen molar-refractivity contribution in [3.63, 3.8) is 0 Å². The van der Waals surface area contributed by atoms with Crippen molar-refractivity contribution in [2.75, 3.05) is 11.9 Å². The maximum Gasteiger partial charge on any atom is 0.267 e. The van der Waals surface area contributed by atoms with E-state index >= 15 is 0 Å². The first kappa shape index (κ1) is 15.7. The highest BCUT2D eigenvalue weighted by atomic mass is 35.5. The molecule has 0 aromatic heterocycles. The average molecular weight is 324 g/mol. The lowest BCUT2D eigenvalue weighted by molar-refractivity contribution is -0.124. The number of rotatable bonds is 4. The second kappa shape index (κ2) is 6.83. The van der Waals surface area contributed by atoms with Crippen LogP contribution in [-0.4, -0.2) is 19.1 Å². The molecule has 110 valence electrons. The van der Waals surface area contributed by atoms with Gasteiger partial charge in [-0.2, -0.15) is 0 Å². The van der Waals surface area contributed by atoms with Crippen LogP contribution in [-0.2, 0) is 4.79 Å². The number of likely N-dealkylation sites (N-methyl/N-ethyl adjacent to an activating group) is 1. The van der Waals surface area contributed by atoms with E-state index in [0.29, 0.717) is 15.8 Å². The number of amides is 1. The summed E-state index contributed by atoms with van der Waals surface area (Å²) in [7, 11) is 1.71. The fourth-order valence-corrected chi connectivity index (χ4v) is 2.20. The molecule has 0 fully saturated rings. The van der Waals surface area contributed by atoms with Crippen LogP contribution in [0.4, 0.5) is 5.69 Å². The number of halogens is 2. The van der Waals surface area contributed by atoms with E-state index in [4.69, 9.17) is 27.9 Å². The van der Waals surface area contributed by atoms with Crippen LogP contribution in [0.25, 0.3) is 0 Å². The van der Waals surface area contributed by atoms with E-state index in [-0.39, 0.29) is 5.91 Å². The number of hydrogen-bond donors (Lipinski definition) is 0. The topological polar surface area (TPSA) is 29.5 Å². The number of carbonyl (C=O) groups excluding carboxylic acids is 1. The minimum Gasteiger partial charge on any atom is -0.479 e. The largest absolute Gasteiger partial charge is 0.479 e. The summed E-state index contributed by atoms with van der Waals surface area (Å²) in [5, 5.41) is 0.700. The van der Waals surface area contributed by atoms with Crippen LogP contribution in [0.1, 0.15) is 6.92 Å². The van der Waals surface area contributed by atoms with Gasteiger partial charge in [-0.1, -0.05) is 47.5 Å². The van der Waals surface area contributed by atoms with Crippen LogP contribution in [0.3, 0.4) is 0 Å². The number of benzene rings is 2. The second-order valence-electron chi connectivity index (χ2n) is 4.54. The first-order valence-electron chi connectivity index (χ1n) is 6.44. The Morgan fingerprint density at radius 3 is 2.43 bits per heavy atom. The zero-order valence-electron chi connectivity index (χ0n) is 11.7. The molecular formula is C16H15Cl2NO2. The minimum absolute atomic E-state index is 0.169. The zero-order chi connectivity index (χ0) is 15.4. The van der Waals surface area contributed by atoms with Gasteiger partial charge in [-0.25, -0.2) is 0 Å². The van der Waals surface area contributed by atoms with Crippen molar-refractivity contribution < 1.29 is 9.53 Å². The van der Waals surface area contributed by atoms with Crippen molar-refractivity contribution in [1.82, 2.24) is 0 Å². The molecule has 0 aliphatic heterocycles. The van der Waals surface area contributed by atoms with Gasteiger partial charge in [-0.15, -0.1) is 0 Å². The molecule has 0 radical (unpaired) electrons. The summed E-state index contributed by atoms with van der Waals surface area (Å²) in [4.78, 5) is 13.9. The van der Waals surface area contributed by atoms with Gasteiger partial charge in [0.15, 0.2) is 6.10 Å². The molecule has 5 heteroatoms. The summed E-state index contributed by atoms with van der Waals surface area (Å²) in [6.07, 6.45) is -0.675. The van der Waals surface area contributed by atoms with Crippen molar-refractivity contribution in [2.24, 2.45) is 0 Å². The highest BCUT2D eigenvalue weighted by molar-refractivity contribution is 6.42. The minimum atomic E-state index is -0.675. The predicted octanol–water partition coefficient (Wildman–Crippen LogP) is 4.42. The summed E-state index contributed by atoms with van der Waals surface area (Å²) >= 11 is 12.0. The van der Waals surface area contributed by atoms with Crippen LogP contribution >= 0.6 is 23.2 Å². The summed E-state index contributed by atoms with van der Waals surface area (Å²) in [5.74, 6) is 0.226. The van der Waals surface area contributed by atoms with Crippen LogP contribution in [0.15, 0.2) is 48.5 Å². The third-order valence-electron chi connectivity index (χ3n) is 3.04. The SMILES string of the molecule is CC(Oc1cccc(Cl)c1Cl)C(=O)N(C)c1ccccc1. The molecule has 2 rings (SSSR count). The third-order valence-corrected chi connectivity index (χ3v) is 3.84. The quantitative estimate of drug-likeness (QED) is 0.833. The first-order valence-corrected chi connectivity index (χ1v) is 7.19. The molecule has 3 nitrogen and oxygen atoms in total. The average Bonchev–Trinajstić information content (AvgIpc) is 2.51. The molecular weight excluding hydrogens is 309 g/mol. The summed E-state index contributed by atoms with van der Waals surface area (Å²) in [5.41, 5.74) is 0.801. The number of ether oxygens (including phenoxy) is 1. The zero-order valence-corrected chi connectivity index (χ0v) is 13.2. The Bertz CT molecular complexity index is 631. The molecule has 0 aliphatic carbocycles. The van der Waals surface area contributed by atoms with Crippen molar-refractivity contribution >= 4 is 34.8 Å². The van der Waals surface area contributed by atoms with Crippen molar-refractivity contribution in [3.8, 4) is 5.75 Å². The van der Waals surface area contributed by atoms with E-state index < -0.39 is 6.10 Å². The van der Waals surface area contributed by atoms with Crippen molar-refractivity contribution in [1.29, 1.82) is 0 Å². The van der Waals surface area contributed by atoms with Gasteiger partial charge in [-0.05, 0) is 31.2 Å². The Morgan fingerprint density at radius 1 is 1.10 bits per heavy atom. The van der Waals surface area contributed by atoms with Gasteiger partial charge in [0.2, 0.25) is 0 Å². The normalized spacial score (nSPS) is 11.8. The number of para-hydroxylation sites is 1. The standard InChI is InChI=1S/C16H15Cl2NO2/c1-11(21-14-10-6-9-13(17)15(14)18)16(20)19(2)12-7-4-3-5-8-12/h3-11H,1-2H3. The highest BCUT2D eigenvalue weighted by Crippen LogP contribution is 2.32. The van der Waals surface area contributed by atoms with Gasteiger partial charge >= 0.3 is 0 Å². The predicted molar refractivity (Wildman–Crippen MR) is 86.4 cm³/mol. The summed E-state index contributed by atoms with van der Waals surface area (Å²) in [6, 6.07) is 14.4. The van der Waals surface area contributed by atoms with E-state index in [0.717, 1.165) is 5.69 Å². The van der Waals surface area contributed by atoms with Gasteiger partial charge in [0.1, 0.15) is 10.8 Å².